The number of para-hydroxylation sites is 1. The summed E-state index contributed by atoms with van der Waals surface area (Å²) in [5.74, 6) is 2.11. The third kappa shape index (κ3) is 3.23. The Hall–Kier alpha value is -3.00. The molecule has 1 amide bonds. The predicted octanol–water partition coefficient (Wildman–Crippen LogP) is 3.12. The molecule has 29 heavy (non-hydrogen) atoms. The third-order valence-electron chi connectivity index (χ3n) is 5.38. The highest BCUT2D eigenvalue weighted by Crippen LogP contribution is 2.33. The number of hydrogen-bond donors (Lipinski definition) is 0. The maximum atomic E-state index is 12.8. The number of benzene rings is 2. The van der Waals surface area contributed by atoms with Crippen molar-refractivity contribution in [1.82, 2.24) is 14.8 Å². The largest absolute Gasteiger partial charge is 0.497 e. The molecule has 0 unspecified atom stereocenters. The number of rotatable bonds is 5. The second-order valence-corrected chi connectivity index (χ2v) is 7.94. The number of hydrogen-bond acceptors (Lipinski definition) is 6. The van der Waals surface area contributed by atoms with E-state index in [9.17, 15) is 4.79 Å². The van der Waals surface area contributed by atoms with Gasteiger partial charge in [-0.1, -0.05) is 30.0 Å². The highest BCUT2D eigenvalue weighted by molar-refractivity contribution is 7.99. The van der Waals surface area contributed by atoms with Crippen LogP contribution in [0.4, 0.5) is 17.3 Å². The lowest BCUT2D eigenvalue weighted by atomic mass is 10.2. The van der Waals surface area contributed by atoms with Gasteiger partial charge in [-0.15, -0.1) is 10.2 Å². The van der Waals surface area contributed by atoms with Crippen LogP contribution in [-0.4, -0.2) is 46.6 Å². The zero-order valence-corrected chi connectivity index (χ0v) is 16.9. The van der Waals surface area contributed by atoms with Gasteiger partial charge in [0, 0.05) is 31.0 Å². The number of ether oxygens (including phenoxy) is 1. The first-order valence-electron chi connectivity index (χ1n) is 9.60. The number of fused-ring (bicyclic) bond motifs is 2. The standard InChI is InChI=1S/C21H21N5O2S/c1-28-17-8-6-16(7-9-17)24-12-13-26-20(24)22-23-21(26)29-14-19(27)25-11-10-15-4-2-3-5-18(15)25/h2-9H,10-14H2,1H3. The number of carbonyl (C=O) groups is 1. The fourth-order valence-corrected chi connectivity index (χ4v) is 4.73. The van der Waals surface area contributed by atoms with Gasteiger partial charge in [-0.25, -0.2) is 0 Å². The van der Waals surface area contributed by atoms with E-state index < -0.39 is 0 Å². The molecule has 0 spiro atoms. The highest BCUT2D eigenvalue weighted by atomic mass is 32.2. The average Bonchev–Trinajstić information content (AvgIpc) is 3.47. The van der Waals surface area contributed by atoms with Crippen molar-refractivity contribution in [3.05, 3.63) is 54.1 Å². The number of amides is 1. The number of nitrogens with zero attached hydrogens (tertiary/aromatic N) is 5. The summed E-state index contributed by atoms with van der Waals surface area (Å²) in [4.78, 5) is 16.8. The first-order chi connectivity index (χ1) is 14.2. The minimum Gasteiger partial charge on any atom is -0.497 e. The first kappa shape index (κ1) is 18.1. The van der Waals surface area contributed by atoms with Crippen molar-refractivity contribution in [3.63, 3.8) is 0 Å². The van der Waals surface area contributed by atoms with E-state index in [0.29, 0.717) is 5.75 Å². The summed E-state index contributed by atoms with van der Waals surface area (Å²) >= 11 is 1.46. The van der Waals surface area contributed by atoms with Gasteiger partial charge in [0.25, 0.3) is 0 Å². The molecule has 3 aromatic rings. The van der Waals surface area contributed by atoms with Crippen molar-refractivity contribution >= 4 is 35.0 Å². The average molecular weight is 407 g/mol. The van der Waals surface area contributed by atoms with Gasteiger partial charge < -0.3 is 14.5 Å². The Balaban J connectivity index is 1.28. The van der Waals surface area contributed by atoms with Crippen LogP contribution < -0.4 is 14.5 Å². The molecule has 0 aliphatic carbocycles. The number of carbonyl (C=O) groups excluding carboxylic acids is 1. The summed E-state index contributed by atoms with van der Waals surface area (Å²) in [7, 11) is 1.66. The summed E-state index contributed by atoms with van der Waals surface area (Å²) in [6.45, 7) is 2.39. The Morgan fingerprint density at radius 1 is 1.07 bits per heavy atom. The van der Waals surface area contributed by atoms with Gasteiger partial charge in [-0.2, -0.15) is 0 Å². The first-order valence-corrected chi connectivity index (χ1v) is 10.6. The van der Waals surface area contributed by atoms with E-state index in [2.05, 4.69) is 25.7 Å². The van der Waals surface area contributed by atoms with E-state index in [1.807, 2.05) is 47.4 Å². The molecule has 2 aliphatic heterocycles. The lowest BCUT2D eigenvalue weighted by Gasteiger charge is -2.16. The molecule has 2 aromatic carbocycles. The van der Waals surface area contributed by atoms with Gasteiger partial charge in [-0.05, 0) is 42.3 Å². The smallest absolute Gasteiger partial charge is 0.237 e. The molecule has 1 aromatic heterocycles. The Kier molecular flexibility index (Phi) is 4.63. The molecule has 0 bridgehead atoms. The molecular formula is C21H21N5O2S. The van der Waals surface area contributed by atoms with E-state index in [0.717, 1.165) is 54.3 Å². The van der Waals surface area contributed by atoms with Gasteiger partial charge in [0.2, 0.25) is 11.9 Å². The van der Waals surface area contributed by atoms with E-state index in [1.54, 1.807) is 7.11 Å². The molecule has 2 aliphatic rings. The van der Waals surface area contributed by atoms with Crippen LogP contribution >= 0.6 is 11.8 Å². The van der Waals surface area contributed by atoms with Crippen molar-refractivity contribution in [2.75, 3.05) is 35.8 Å². The van der Waals surface area contributed by atoms with Crippen LogP contribution in [-0.2, 0) is 17.8 Å². The highest BCUT2D eigenvalue weighted by Gasteiger charge is 2.28. The van der Waals surface area contributed by atoms with Crippen LogP contribution in [0.2, 0.25) is 0 Å². The van der Waals surface area contributed by atoms with Gasteiger partial charge in [-0.3, -0.25) is 9.36 Å². The van der Waals surface area contributed by atoms with Gasteiger partial charge in [0.1, 0.15) is 5.75 Å². The summed E-state index contributed by atoms with van der Waals surface area (Å²) in [6, 6.07) is 16.0. The number of anilines is 3. The summed E-state index contributed by atoms with van der Waals surface area (Å²) in [5, 5.41) is 9.49. The second kappa shape index (κ2) is 7.44. The lowest BCUT2D eigenvalue weighted by molar-refractivity contribution is -0.116. The van der Waals surface area contributed by atoms with Crippen molar-refractivity contribution in [3.8, 4) is 5.75 Å². The van der Waals surface area contributed by atoms with E-state index in [-0.39, 0.29) is 5.91 Å². The molecule has 3 heterocycles. The van der Waals surface area contributed by atoms with Gasteiger partial charge in [0.15, 0.2) is 5.16 Å². The fraction of sp³-hybridized carbons (Fsp3) is 0.286. The zero-order valence-electron chi connectivity index (χ0n) is 16.1. The predicted molar refractivity (Wildman–Crippen MR) is 113 cm³/mol. The van der Waals surface area contributed by atoms with Crippen LogP contribution in [0, 0.1) is 0 Å². The van der Waals surface area contributed by atoms with Crippen LogP contribution in [0.1, 0.15) is 5.56 Å². The van der Waals surface area contributed by atoms with Crippen molar-refractivity contribution in [1.29, 1.82) is 0 Å². The number of thioether (sulfide) groups is 1. The second-order valence-electron chi connectivity index (χ2n) is 7.00. The number of methoxy groups -OCH3 is 1. The molecule has 0 N–H and O–H groups in total. The Morgan fingerprint density at radius 2 is 1.90 bits per heavy atom. The molecule has 0 fully saturated rings. The molecule has 0 saturated heterocycles. The topological polar surface area (TPSA) is 63.5 Å². The maximum absolute atomic E-state index is 12.8. The normalized spacial score (nSPS) is 14.8. The molecule has 148 valence electrons. The van der Waals surface area contributed by atoms with Gasteiger partial charge in [0.05, 0.1) is 12.9 Å². The SMILES string of the molecule is COc1ccc(N2CCn3c(SCC(=O)N4CCc5ccccc54)nnc32)cc1. The number of aromatic nitrogens is 3. The van der Waals surface area contributed by atoms with E-state index >= 15 is 0 Å². The van der Waals surface area contributed by atoms with Crippen molar-refractivity contribution < 1.29 is 9.53 Å². The van der Waals surface area contributed by atoms with Crippen molar-refractivity contribution in [2.45, 2.75) is 18.1 Å². The van der Waals surface area contributed by atoms with Crippen LogP contribution in [0.3, 0.4) is 0 Å². The van der Waals surface area contributed by atoms with Gasteiger partial charge >= 0.3 is 0 Å². The molecule has 5 rings (SSSR count). The minimum absolute atomic E-state index is 0.113. The maximum Gasteiger partial charge on any atom is 0.237 e. The monoisotopic (exact) mass is 407 g/mol. The summed E-state index contributed by atoms with van der Waals surface area (Å²) in [5.41, 5.74) is 3.33. The molecule has 0 atom stereocenters. The molecule has 0 radical (unpaired) electrons. The van der Waals surface area contributed by atoms with Crippen LogP contribution in [0.5, 0.6) is 5.75 Å². The fourth-order valence-electron chi connectivity index (χ4n) is 3.89. The van der Waals surface area contributed by atoms with Crippen molar-refractivity contribution in [2.24, 2.45) is 0 Å². The Labute approximate surface area is 173 Å². The minimum atomic E-state index is 0.113. The summed E-state index contributed by atoms with van der Waals surface area (Å²) in [6.07, 6.45) is 0.920. The van der Waals surface area contributed by atoms with E-state index in [1.165, 1.54) is 17.3 Å². The summed E-state index contributed by atoms with van der Waals surface area (Å²) < 4.78 is 7.32. The molecule has 8 heteroatoms. The lowest BCUT2D eigenvalue weighted by Crippen LogP contribution is -2.30. The molecule has 0 saturated carbocycles. The molecule has 7 nitrogen and oxygen atoms in total. The Bertz CT molecular complexity index is 1050. The van der Waals surface area contributed by atoms with Crippen LogP contribution in [0.15, 0.2) is 53.7 Å². The zero-order chi connectivity index (χ0) is 19.8. The van der Waals surface area contributed by atoms with Crippen LogP contribution in [0.25, 0.3) is 0 Å². The quantitative estimate of drug-likeness (QED) is 0.606. The molecular weight excluding hydrogens is 386 g/mol. The van der Waals surface area contributed by atoms with E-state index in [4.69, 9.17) is 4.74 Å². The third-order valence-corrected chi connectivity index (χ3v) is 6.33. The Morgan fingerprint density at radius 3 is 2.72 bits per heavy atom.